The van der Waals surface area contributed by atoms with Crippen molar-refractivity contribution in [3.8, 4) is 0 Å². The Morgan fingerprint density at radius 3 is 2.88 bits per heavy atom. The number of carbonyl (C=O) groups excluding carboxylic acids is 1. The summed E-state index contributed by atoms with van der Waals surface area (Å²) >= 11 is 0. The first-order valence-corrected chi connectivity index (χ1v) is 6.99. The Morgan fingerprint density at radius 2 is 2.19 bits per heavy atom. The van der Waals surface area contributed by atoms with E-state index in [-0.39, 0.29) is 31.2 Å². The fraction of sp³-hybridized carbons (Fsp3) is 0.889. The molecule has 0 atom stereocenters. The molecule has 1 aliphatic heterocycles. The van der Waals surface area contributed by atoms with Crippen LogP contribution in [0.3, 0.4) is 0 Å². The highest BCUT2D eigenvalue weighted by atomic mass is 32.2. The van der Waals surface area contributed by atoms with Crippen LogP contribution in [0.4, 0.5) is 0 Å². The fourth-order valence-corrected chi connectivity index (χ4v) is 2.79. The molecule has 0 aliphatic carbocycles. The molecule has 1 N–H and O–H groups in total. The van der Waals surface area contributed by atoms with Gasteiger partial charge in [-0.2, -0.15) is 4.31 Å². The van der Waals surface area contributed by atoms with Gasteiger partial charge < -0.3 is 10.1 Å². The second-order valence-electron chi connectivity index (χ2n) is 3.51. The summed E-state index contributed by atoms with van der Waals surface area (Å²) in [4.78, 5) is 11.1. The summed E-state index contributed by atoms with van der Waals surface area (Å²) in [6.07, 6.45) is 0.230. The van der Waals surface area contributed by atoms with Gasteiger partial charge in [0.15, 0.2) is 0 Å². The van der Waals surface area contributed by atoms with Gasteiger partial charge in [0.25, 0.3) is 0 Å². The summed E-state index contributed by atoms with van der Waals surface area (Å²) in [5.41, 5.74) is 0. The van der Waals surface area contributed by atoms with Crippen molar-refractivity contribution >= 4 is 15.9 Å². The molecule has 0 saturated carbocycles. The smallest absolute Gasteiger partial charge is 0.221 e. The predicted molar refractivity (Wildman–Crippen MR) is 59.5 cm³/mol. The lowest BCUT2D eigenvalue weighted by Crippen LogP contribution is -2.36. The molecule has 1 heterocycles. The summed E-state index contributed by atoms with van der Waals surface area (Å²) in [6, 6.07) is 0. The fourth-order valence-electron chi connectivity index (χ4n) is 1.46. The van der Waals surface area contributed by atoms with Crippen molar-refractivity contribution < 1.29 is 17.9 Å². The van der Waals surface area contributed by atoms with E-state index in [9.17, 15) is 13.2 Å². The summed E-state index contributed by atoms with van der Waals surface area (Å²) < 4.78 is 30.0. The number of carbonyl (C=O) groups is 1. The molecule has 1 amide bonds. The molecule has 7 heteroatoms. The zero-order chi connectivity index (χ0) is 12.0. The predicted octanol–water partition coefficient (Wildman–Crippen LogP) is -0.825. The molecule has 0 spiro atoms. The number of ether oxygens (including phenoxy) is 1. The Morgan fingerprint density at radius 1 is 1.44 bits per heavy atom. The van der Waals surface area contributed by atoms with E-state index in [2.05, 4.69) is 5.32 Å². The average Bonchev–Trinajstić information content (AvgIpc) is 2.43. The maximum atomic E-state index is 11.8. The molecule has 0 aromatic heterocycles. The van der Waals surface area contributed by atoms with Crippen LogP contribution in [-0.4, -0.2) is 57.2 Å². The van der Waals surface area contributed by atoms with Crippen LogP contribution in [0.1, 0.15) is 13.3 Å². The van der Waals surface area contributed by atoms with Gasteiger partial charge in [0.1, 0.15) is 0 Å². The van der Waals surface area contributed by atoms with Gasteiger partial charge in [-0.1, -0.05) is 0 Å². The first-order chi connectivity index (χ1) is 7.56. The molecule has 94 valence electrons. The zero-order valence-corrected chi connectivity index (χ0v) is 10.3. The van der Waals surface area contributed by atoms with Crippen LogP contribution in [0, 0.1) is 0 Å². The number of hydrogen-bond acceptors (Lipinski definition) is 4. The minimum Gasteiger partial charge on any atom is -0.381 e. The van der Waals surface area contributed by atoms with Crippen molar-refractivity contribution in [3.05, 3.63) is 0 Å². The van der Waals surface area contributed by atoms with Gasteiger partial charge in [0.05, 0.1) is 12.4 Å². The van der Waals surface area contributed by atoms with E-state index < -0.39 is 10.0 Å². The lowest BCUT2D eigenvalue weighted by Gasteiger charge is -2.18. The molecular formula is C9H18N2O4S. The minimum atomic E-state index is -3.29. The molecule has 1 fully saturated rings. The van der Waals surface area contributed by atoms with Crippen LogP contribution in [0.25, 0.3) is 0 Å². The second-order valence-corrected chi connectivity index (χ2v) is 5.60. The van der Waals surface area contributed by atoms with Crippen LogP contribution >= 0.6 is 0 Å². The highest BCUT2D eigenvalue weighted by Crippen LogP contribution is 2.05. The Hall–Kier alpha value is -0.660. The molecule has 1 saturated heterocycles. The second kappa shape index (κ2) is 6.17. The molecule has 0 aromatic carbocycles. The zero-order valence-electron chi connectivity index (χ0n) is 9.44. The Kier molecular flexibility index (Phi) is 5.17. The minimum absolute atomic E-state index is 0.0188. The number of amides is 1. The quantitative estimate of drug-likeness (QED) is 0.647. The number of hydrogen-bond donors (Lipinski definition) is 1. The normalized spacial score (nSPS) is 19.2. The van der Waals surface area contributed by atoms with Gasteiger partial charge >= 0.3 is 0 Å². The van der Waals surface area contributed by atoms with Gasteiger partial charge in [0.2, 0.25) is 15.9 Å². The summed E-state index contributed by atoms with van der Waals surface area (Å²) in [7, 11) is -3.29. The van der Waals surface area contributed by atoms with E-state index in [0.717, 1.165) is 0 Å². The van der Waals surface area contributed by atoms with Crippen molar-refractivity contribution in [1.82, 2.24) is 9.62 Å². The standard InChI is InChI=1S/C9H18N2O4S/c1-2-15-7-8-16(13,14)11-5-3-9(12)10-4-6-11/h2-8H2,1H3,(H,10,12). The summed E-state index contributed by atoms with van der Waals surface area (Å²) in [6.45, 7) is 3.53. The van der Waals surface area contributed by atoms with Crippen molar-refractivity contribution in [2.45, 2.75) is 13.3 Å². The lowest BCUT2D eigenvalue weighted by atomic mass is 10.4. The molecule has 0 unspecified atom stereocenters. The van der Waals surface area contributed by atoms with Crippen LogP contribution in [0.15, 0.2) is 0 Å². The molecule has 1 aliphatic rings. The lowest BCUT2D eigenvalue weighted by molar-refractivity contribution is -0.120. The van der Waals surface area contributed by atoms with Crippen molar-refractivity contribution in [2.75, 3.05) is 38.6 Å². The number of nitrogens with one attached hydrogen (secondary N) is 1. The SMILES string of the molecule is CCOCCS(=O)(=O)N1CCNC(=O)CC1. The van der Waals surface area contributed by atoms with Crippen LogP contribution < -0.4 is 5.32 Å². The van der Waals surface area contributed by atoms with Gasteiger partial charge in [0, 0.05) is 32.7 Å². The molecule has 1 rings (SSSR count). The van der Waals surface area contributed by atoms with Crippen molar-refractivity contribution in [3.63, 3.8) is 0 Å². The van der Waals surface area contributed by atoms with Crippen molar-refractivity contribution in [1.29, 1.82) is 0 Å². The number of nitrogens with zero attached hydrogens (tertiary/aromatic N) is 1. The third-order valence-electron chi connectivity index (χ3n) is 2.35. The van der Waals surface area contributed by atoms with E-state index in [0.29, 0.717) is 19.7 Å². The maximum Gasteiger partial charge on any atom is 0.221 e. The molecule has 16 heavy (non-hydrogen) atoms. The van der Waals surface area contributed by atoms with Gasteiger partial charge in [-0.3, -0.25) is 4.79 Å². The monoisotopic (exact) mass is 250 g/mol. The van der Waals surface area contributed by atoms with Crippen LogP contribution in [0.2, 0.25) is 0 Å². The maximum absolute atomic E-state index is 11.8. The van der Waals surface area contributed by atoms with Gasteiger partial charge in [-0.05, 0) is 6.92 Å². The van der Waals surface area contributed by atoms with E-state index in [1.165, 1.54) is 4.31 Å². The van der Waals surface area contributed by atoms with Gasteiger partial charge in [-0.25, -0.2) is 8.42 Å². The average molecular weight is 250 g/mol. The first-order valence-electron chi connectivity index (χ1n) is 5.38. The highest BCUT2D eigenvalue weighted by Gasteiger charge is 2.24. The number of rotatable bonds is 5. The molecular weight excluding hydrogens is 232 g/mol. The Labute approximate surface area is 96.0 Å². The summed E-state index contributed by atoms with van der Waals surface area (Å²) in [5, 5.41) is 2.64. The Balaban J connectivity index is 2.50. The molecule has 0 aromatic rings. The van der Waals surface area contributed by atoms with Gasteiger partial charge in [-0.15, -0.1) is 0 Å². The highest BCUT2D eigenvalue weighted by molar-refractivity contribution is 7.89. The van der Waals surface area contributed by atoms with Crippen molar-refractivity contribution in [2.24, 2.45) is 0 Å². The third kappa shape index (κ3) is 4.07. The molecule has 6 nitrogen and oxygen atoms in total. The van der Waals surface area contributed by atoms with E-state index in [1.54, 1.807) is 0 Å². The van der Waals surface area contributed by atoms with E-state index in [4.69, 9.17) is 4.74 Å². The summed E-state index contributed by atoms with van der Waals surface area (Å²) in [5.74, 6) is -0.114. The molecule has 0 radical (unpaired) electrons. The van der Waals surface area contributed by atoms with E-state index in [1.807, 2.05) is 6.92 Å². The van der Waals surface area contributed by atoms with E-state index >= 15 is 0 Å². The molecule has 0 bridgehead atoms. The van der Waals surface area contributed by atoms with Crippen LogP contribution in [-0.2, 0) is 19.6 Å². The topological polar surface area (TPSA) is 75.7 Å². The van der Waals surface area contributed by atoms with Crippen LogP contribution in [0.5, 0.6) is 0 Å². The largest absolute Gasteiger partial charge is 0.381 e. The number of sulfonamides is 1. The Bertz CT molecular complexity index is 328. The third-order valence-corrected chi connectivity index (χ3v) is 4.19. The first kappa shape index (κ1) is 13.4.